The van der Waals surface area contributed by atoms with E-state index in [1.807, 2.05) is 0 Å². The number of nitrogens with one attached hydrogen (secondary N) is 1. The van der Waals surface area contributed by atoms with E-state index in [0.717, 1.165) is 0 Å². The van der Waals surface area contributed by atoms with Crippen LogP contribution in [0.4, 0.5) is 4.39 Å². The minimum Gasteiger partial charge on any atom is -0.351 e. The summed E-state index contributed by atoms with van der Waals surface area (Å²) in [7, 11) is 0. The first-order valence-corrected chi connectivity index (χ1v) is 5.78. The molecule has 0 atom stereocenters. The van der Waals surface area contributed by atoms with Gasteiger partial charge < -0.3 is 5.32 Å². The third kappa shape index (κ3) is 4.02. The molecule has 0 saturated carbocycles. The Morgan fingerprint density at radius 3 is 3.00 bits per heavy atom. The quantitative estimate of drug-likeness (QED) is 0.823. The summed E-state index contributed by atoms with van der Waals surface area (Å²) in [6.45, 7) is 0.975. The van der Waals surface area contributed by atoms with Crippen molar-refractivity contribution in [1.82, 2.24) is 20.1 Å². The summed E-state index contributed by atoms with van der Waals surface area (Å²) < 4.78 is 14.9. The molecule has 1 amide bonds. The molecule has 0 aliphatic carbocycles. The number of halogens is 1. The van der Waals surface area contributed by atoms with Crippen LogP contribution in [0.2, 0.25) is 0 Å². The topological polar surface area (TPSA) is 59.8 Å². The van der Waals surface area contributed by atoms with Crippen molar-refractivity contribution in [1.29, 1.82) is 0 Å². The number of hydrogen-bond acceptors (Lipinski definition) is 3. The molecule has 0 fully saturated rings. The summed E-state index contributed by atoms with van der Waals surface area (Å²) in [6, 6.07) is 6.27. The van der Waals surface area contributed by atoms with E-state index in [2.05, 4.69) is 15.4 Å². The molecule has 5 nitrogen and oxygen atoms in total. The van der Waals surface area contributed by atoms with E-state index in [9.17, 15) is 9.18 Å². The van der Waals surface area contributed by atoms with Crippen molar-refractivity contribution in [2.45, 2.75) is 6.54 Å². The number of benzene rings is 1. The molecule has 0 aliphatic rings. The van der Waals surface area contributed by atoms with Crippen molar-refractivity contribution in [3.8, 4) is 0 Å². The zero-order valence-corrected chi connectivity index (χ0v) is 10.2. The van der Waals surface area contributed by atoms with Crippen LogP contribution in [0.3, 0.4) is 0 Å². The van der Waals surface area contributed by atoms with Gasteiger partial charge in [-0.25, -0.2) is 9.37 Å². The fourth-order valence-corrected chi connectivity index (χ4v) is 1.48. The van der Waals surface area contributed by atoms with Crippen LogP contribution >= 0.6 is 0 Å². The first-order chi connectivity index (χ1) is 9.25. The molecule has 1 aromatic carbocycles. The summed E-state index contributed by atoms with van der Waals surface area (Å²) in [5.41, 5.74) is 0.383. The third-order valence-electron chi connectivity index (χ3n) is 2.43. The van der Waals surface area contributed by atoms with Crippen LogP contribution in [-0.4, -0.2) is 27.2 Å². The Morgan fingerprint density at radius 1 is 1.42 bits per heavy atom. The highest BCUT2D eigenvalue weighted by molar-refractivity contribution is 5.91. The molecule has 0 aliphatic heterocycles. The average molecular weight is 260 g/mol. The van der Waals surface area contributed by atoms with Gasteiger partial charge in [0.25, 0.3) is 0 Å². The van der Waals surface area contributed by atoms with Gasteiger partial charge in [-0.05, 0) is 12.1 Å². The van der Waals surface area contributed by atoms with Crippen LogP contribution in [0.5, 0.6) is 0 Å². The Bertz CT molecular complexity index is 566. The first-order valence-electron chi connectivity index (χ1n) is 5.78. The molecule has 1 heterocycles. The zero-order valence-electron chi connectivity index (χ0n) is 10.2. The highest BCUT2D eigenvalue weighted by atomic mass is 19.1. The Labute approximate surface area is 109 Å². The lowest BCUT2D eigenvalue weighted by Crippen LogP contribution is -2.25. The van der Waals surface area contributed by atoms with Gasteiger partial charge in [0.15, 0.2) is 0 Å². The lowest BCUT2D eigenvalue weighted by molar-refractivity contribution is -0.116. The van der Waals surface area contributed by atoms with Gasteiger partial charge in [-0.3, -0.25) is 9.48 Å². The molecule has 0 saturated heterocycles. The van der Waals surface area contributed by atoms with Crippen molar-refractivity contribution in [2.24, 2.45) is 0 Å². The van der Waals surface area contributed by atoms with Crippen LogP contribution in [0.25, 0.3) is 6.08 Å². The van der Waals surface area contributed by atoms with Crippen molar-refractivity contribution >= 4 is 12.0 Å². The molecule has 0 radical (unpaired) electrons. The maximum absolute atomic E-state index is 13.3. The fraction of sp³-hybridized carbons (Fsp3) is 0.154. The molecule has 0 unspecified atom stereocenters. The Hall–Kier alpha value is -2.50. The summed E-state index contributed by atoms with van der Waals surface area (Å²) in [5.74, 6) is -0.627. The van der Waals surface area contributed by atoms with Gasteiger partial charge in [-0.2, -0.15) is 5.10 Å². The highest BCUT2D eigenvalue weighted by Crippen LogP contribution is 2.07. The van der Waals surface area contributed by atoms with Crippen molar-refractivity contribution in [3.63, 3.8) is 0 Å². The summed E-state index contributed by atoms with van der Waals surface area (Å²) in [5, 5.41) is 6.58. The average Bonchev–Trinajstić information content (AvgIpc) is 2.91. The van der Waals surface area contributed by atoms with E-state index in [0.29, 0.717) is 18.7 Å². The fourth-order valence-electron chi connectivity index (χ4n) is 1.48. The summed E-state index contributed by atoms with van der Waals surface area (Å²) in [4.78, 5) is 15.3. The predicted octanol–water partition coefficient (Wildman–Crippen LogP) is 1.25. The number of carbonyl (C=O) groups excluding carboxylic acids is 1. The van der Waals surface area contributed by atoms with Crippen molar-refractivity contribution in [2.75, 3.05) is 6.54 Å². The molecular weight excluding hydrogens is 247 g/mol. The molecule has 98 valence electrons. The lowest BCUT2D eigenvalue weighted by atomic mass is 10.2. The van der Waals surface area contributed by atoms with E-state index in [-0.39, 0.29) is 11.7 Å². The van der Waals surface area contributed by atoms with Gasteiger partial charge in [0.05, 0.1) is 6.54 Å². The maximum Gasteiger partial charge on any atom is 0.244 e. The van der Waals surface area contributed by atoms with Crippen molar-refractivity contribution < 1.29 is 9.18 Å². The number of aromatic nitrogens is 3. The molecular formula is C13H13FN4O. The van der Waals surface area contributed by atoms with Crippen LogP contribution in [0.1, 0.15) is 5.56 Å². The summed E-state index contributed by atoms with van der Waals surface area (Å²) in [6.07, 6.45) is 5.75. The predicted molar refractivity (Wildman–Crippen MR) is 68.5 cm³/mol. The molecule has 0 bridgehead atoms. The van der Waals surface area contributed by atoms with Gasteiger partial charge in [-0.15, -0.1) is 0 Å². The number of amides is 1. The van der Waals surface area contributed by atoms with E-state index in [4.69, 9.17) is 0 Å². The second-order valence-electron chi connectivity index (χ2n) is 3.80. The van der Waals surface area contributed by atoms with Gasteiger partial charge in [-0.1, -0.05) is 18.2 Å². The van der Waals surface area contributed by atoms with Crippen LogP contribution in [-0.2, 0) is 11.3 Å². The lowest BCUT2D eigenvalue weighted by Gasteiger charge is -2.01. The van der Waals surface area contributed by atoms with E-state index < -0.39 is 0 Å². The smallest absolute Gasteiger partial charge is 0.244 e. The van der Waals surface area contributed by atoms with Gasteiger partial charge >= 0.3 is 0 Å². The normalized spacial score (nSPS) is 10.8. The van der Waals surface area contributed by atoms with Crippen LogP contribution in [0.15, 0.2) is 43.0 Å². The van der Waals surface area contributed by atoms with Gasteiger partial charge in [0.1, 0.15) is 18.5 Å². The number of carbonyl (C=O) groups is 1. The van der Waals surface area contributed by atoms with Gasteiger partial charge in [0, 0.05) is 18.2 Å². The highest BCUT2D eigenvalue weighted by Gasteiger charge is 1.98. The molecule has 2 aromatic rings. The largest absolute Gasteiger partial charge is 0.351 e. The molecule has 0 spiro atoms. The first kappa shape index (κ1) is 12.9. The number of hydrogen-bond donors (Lipinski definition) is 1. The van der Waals surface area contributed by atoms with E-state index in [1.54, 1.807) is 29.2 Å². The van der Waals surface area contributed by atoms with Crippen LogP contribution < -0.4 is 5.32 Å². The van der Waals surface area contributed by atoms with E-state index >= 15 is 0 Å². The molecule has 1 aromatic heterocycles. The molecule has 19 heavy (non-hydrogen) atoms. The molecule has 6 heteroatoms. The van der Waals surface area contributed by atoms with Crippen LogP contribution in [0, 0.1) is 5.82 Å². The molecule has 2 rings (SSSR count). The Morgan fingerprint density at radius 2 is 2.26 bits per heavy atom. The standard InChI is InChI=1S/C13H13FN4O/c14-12-4-2-1-3-11(12)5-6-13(19)16-7-8-18-10-15-9-17-18/h1-6,9-10H,7-8H2,(H,16,19). The van der Waals surface area contributed by atoms with Gasteiger partial charge in [0.2, 0.25) is 5.91 Å². The van der Waals surface area contributed by atoms with Crippen molar-refractivity contribution in [3.05, 3.63) is 54.4 Å². The molecule has 1 N–H and O–H groups in total. The minimum atomic E-state index is -0.353. The minimum absolute atomic E-state index is 0.275. The Balaban J connectivity index is 1.79. The number of nitrogens with zero attached hydrogens (tertiary/aromatic N) is 3. The summed E-state index contributed by atoms with van der Waals surface area (Å²) >= 11 is 0. The zero-order chi connectivity index (χ0) is 13.5. The Kier molecular flexibility index (Phi) is 4.39. The monoisotopic (exact) mass is 260 g/mol. The van der Waals surface area contributed by atoms with E-state index in [1.165, 1.54) is 24.5 Å². The second kappa shape index (κ2) is 6.44. The third-order valence-corrected chi connectivity index (χ3v) is 2.43. The SMILES string of the molecule is O=C(C=Cc1ccccc1F)NCCn1cncn1. The second-order valence-corrected chi connectivity index (χ2v) is 3.80. The maximum atomic E-state index is 13.3. The number of rotatable bonds is 5.